The summed E-state index contributed by atoms with van der Waals surface area (Å²) in [5.41, 5.74) is 2.98. The molecule has 1 aromatic carbocycles. The molecule has 0 spiro atoms. The summed E-state index contributed by atoms with van der Waals surface area (Å²) in [6.45, 7) is 0.544. The van der Waals surface area contributed by atoms with Gasteiger partial charge in [-0.25, -0.2) is 4.79 Å². The van der Waals surface area contributed by atoms with Crippen LogP contribution < -0.4 is 5.32 Å². The predicted molar refractivity (Wildman–Crippen MR) is 84.1 cm³/mol. The van der Waals surface area contributed by atoms with Gasteiger partial charge >= 0.3 is 5.97 Å². The lowest BCUT2D eigenvalue weighted by molar-refractivity contribution is -0.148. The van der Waals surface area contributed by atoms with Crippen molar-refractivity contribution in [2.75, 3.05) is 11.9 Å². The second kappa shape index (κ2) is 6.40. The minimum atomic E-state index is -0.911. The summed E-state index contributed by atoms with van der Waals surface area (Å²) in [5, 5.41) is 11.9. The smallest absolute Gasteiger partial charge is 0.326 e. The van der Waals surface area contributed by atoms with E-state index in [1.165, 1.54) is 4.90 Å². The van der Waals surface area contributed by atoms with Crippen molar-refractivity contribution in [3.63, 3.8) is 0 Å². The van der Waals surface area contributed by atoms with E-state index in [2.05, 4.69) is 5.32 Å². The Bertz CT molecular complexity index is 656. The highest BCUT2D eigenvalue weighted by Gasteiger charge is 2.33. The summed E-state index contributed by atoms with van der Waals surface area (Å²) in [4.78, 5) is 36.1. The SMILES string of the molecule is O=C1Cc2cc(CCCC(=O)N3CCC[C@@H]3C(=O)O)ccc2N1. The molecule has 0 saturated carbocycles. The van der Waals surface area contributed by atoms with E-state index in [4.69, 9.17) is 5.11 Å². The molecular weight excluding hydrogens is 296 g/mol. The van der Waals surface area contributed by atoms with Gasteiger partial charge in [0.1, 0.15) is 6.04 Å². The van der Waals surface area contributed by atoms with Gasteiger partial charge in [-0.2, -0.15) is 0 Å². The van der Waals surface area contributed by atoms with Crippen LogP contribution in [0.2, 0.25) is 0 Å². The lowest BCUT2D eigenvalue weighted by Crippen LogP contribution is -2.40. The summed E-state index contributed by atoms with van der Waals surface area (Å²) in [6, 6.07) is 5.22. The maximum absolute atomic E-state index is 12.2. The number of carbonyl (C=O) groups excluding carboxylic acids is 2. The van der Waals surface area contributed by atoms with E-state index in [0.29, 0.717) is 32.2 Å². The van der Waals surface area contributed by atoms with Crippen molar-refractivity contribution in [1.29, 1.82) is 0 Å². The number of carbonyl (C=O) groups is 3. The Morgan fingerprint density at radius 1 is 1.35 bits per heavy atom. The lowest BCUT2D eigenvalue weighted by atomic mass is 10.0. The van der Waals surface area contributed by atoms with Crippen molar-refractivity contribution in [1.82, 2.24) is 4.90 Å². The Hall–Kier alpha value is -2.37. The molecule has 23 heavy (non-hydrogen) atoms. The van der Waals surface area contributed by atoms with E-state index < -0.39 is 12.0 Å². The fraction of sp³-hybridized carbons (Fsp3) is 0.471. The first-order chi connectivity index (χ1) is 11.0. The Labute approximate surface area is 134 Å². The molecule has 0 radical (unpaired) electrons. The molecule has 2 N–H and O–H groups in total. The summed E-state index contributed by atoms with van der Waals surface area (Å²) < 4.78 is 0. The van der Waals surface area contributed by atoms with Crippen LogP contribution in [0.3, 0.4) is 0 Å². The van der Waals surface area contributed by atoms with Gasteiger partial charge in [-0.3, -0.25) is 9.59 Å². The minimum absolute atomic E-state index is 0.0149. The highest BCUT2D eigenvalue weighted by Crippen LogP contribution is 2.25. The third kappa shape index (κ3) is 3.36. The molecule has 2 amide bonds. The van der Waals surface area contributed by atoms with E-state index in [1.54, 1.807) is 0 Å². The van der Waals surface area contributed by atoms with Crippen LogP contribution in [-0.4, -0.2) is 40.4 Å². The van der Waals surface area contributed by atoms with E-state index >= 15 is 0 Å². The first kappa shape index (κ1) is 15.5. The zero-order valence-corrected chi connectivity index (χ0v) is 12.9. The molecule has 6 nitrogen and oxygen atoms in total. The number of carboxylic acids is 1. The van der Waals surface area contributed by atoms with Crippen molar-refractivity contribution in [3.05, 3.63) is 29.3 Å². The Morgan fingerprint density at radius 2 is 2.17 bits per heavy atom. The van der Waals surface area contributed by atoms with Crippen LogP contribution in [0.1, 0.15) is 36.8 Å². The number of hydrogen-bond donors (Lipinski definition) is 2. The quantitative estimate of drug-likeness (QED) is 0.863. The summed E-state index contributed by atoms with van der Waals surface area (Å²) >= 11 is 0. The van der Waals surface area contributed by atoms with Gasteiger partial charge in [0, 0.05) is 18.7 Å². The number of hydrogen-bond acceptors (Lipinski definition) is 3. The monoisotopic (exact) mass is 316 g/mol. The summed E-state index contributed by atoms with van der Waals surface area (Å²) in [7, 11) is 0. The maximum atomic E-state index is 12.2. The van der Waals surface area contributed by atoms with Crippen molar-refractivity contribution in [2.24, 2.45) is 0 Å². The van der Waals surface area contributed by atoms with Gasteiger partial charge in [0.05, 0.1) is 6.42 Å². The number of amides is 2. The van der Waals surface area contributed by atoms with Gasteiger partial charge in [-0.1, -0.05) is 12.1 Å². The summed E-state index contributed by atoms with van der Waals surface area (Å²) in [6.07, 6.45) is 3.51. The fourth-order valence-electron chi connectivity index (χ4n) is 3.35. The number of anilines is 1. The second-order valence-corrected chi connectivity index (χ2v) is 6.15. The summed E-state index contributed by atoms with van der Waals surface area (Å²) in [5.74, 6) is -0.972. The molecule has 6 heteroatoms. The van der Waals surface area contributed by atoms with E-state index in [9.17, 15) is 14.4 Å². The fourth-order valence-corrected chi connectivity index (χ4v) is 3.35. The third-order valence-corrected chi connectivity index (χ3v) is 4.51. The average molecular weight is 316 g/mol. The molecule has 2 heterocycles. The van der Waals surface area contributed by atoms with Crippen LogP contribution in [0.5, 0.6) is 0 Å². The molecular formula is C17H20N2O4. The molecule has 0 aromatic heterocycles. The van der Waals surface area contributed by atoms with Gasteiger partial charge in [-0.15, -0.1) is 0 Å². The number of benzene rings is 1. The lowest BCUT2D eigenvalue weighted by Gasteiger charge is -2.21. The maximum Gasteiger partial charge on any atom is 0.326 e. The van der Waals surface area contributed by atoms with E-state index in [1.807, 2.05) is 18.2 Å². The van der Waals surface area contributed by atoms with Crippen LogP contribution >= 0.6 is 0 Å². The normalized spacial score (nSPS) is 19.6. The van der Waals surface area contributed by atoms with Crippen LogP contribution in [0.15, 0.2) is 18.2 Å². The zero-order chi connectivity index (χ0) is 16.4. The van der Waals surface area contributed by atoms with Gasteiger partial charge in [-0.05, 0) is 42.9 Å². The van der Waals surface area contributed by atoms with E-state index in [-0.39, 0.29) is 11.8 Å². The number of aliphatic carboxylic acids is 1. The van der Waals surface area contributed by atoms with Crippen molar-refractivity contribution in [3.8, 4) is 0 Å². The standard InChI is InChI=1S/C17H20N2O4/c20-15-10-12-9-11(6-7-13(12)18-15)3-1-5-16(21)19-8-2-4-14(19)17(22)23/h6-7,9,14H,1-5,8,10H2,(H,18,20)(H,22,23)/t14-/m1/s1. The predicted octanol–water partition coefficient (Wildman–Crippen LogP) is 1.58. The molecule has 0 aliphatic carbocycles. The molecule has 1 saturated heterocycles. The second-order valence-electron chi connectivity index (χ2n) is 6.15. The number of rotatable bonds is 5. The van der Waals surface area contributed by atoms with Gasteiger partial charge < -0.3 is 15.3 Å². The van der Waals surface area contributed by atoms with E-state index in [0.717, 1.165) is 29.7 Å². The highest BCUT2D eigenvalue weighted by molar-refractivity contribution is 5.99. The molecule has 2 aliphatic rings. The largest absolute Gasteiger partial charge is 0.480 e. The van der Waals surface area contributed by atoms with Gasteiger partial charge in [0.25, 0.3) is 0 Å². The number of fused-ring (bicyclic) bond motifs is 1. The third-order valence-electron chi connectivity index (χ3n) is 4.51. The van der Waals surface area contributed by atoms with Crippen molar-refractivity contribution >= 4 is 23.5 Å². The highest BCUT2D eigenvalue weighted by atomic mass is 16.4. The van der Waals surface area contributed by atoms with Gasteiger partial charge in [0.15, 0.2) is 0 Å². The van der Waals surface area contributed by atoms with Crippen LogP contribution in [0.25, 0.3) is 0 Å². The Morgan fingerprint density at radius 3 is 2.96 bits per heavy atom. The molecule has 0 bridgehead atoms. The molecule has 122 valence electrons. The molecule has 1 fully saturated rings. The van der Waals surface area contributed by atoms with Crippen LogP contribution in [-0.2, 0) is 27.2 Å². The topological polar surface area (TPSA) is 86.7 Å². The zero-order valence-electron chi connectivity index (χ0n) is 12.9. The van der Waals surface area contributed by atoms with Crippen molar-refractivity contribution < 1.29 is 19.5 Å². The average Bonchev–Trinajstić information content (AvgIpc) is 3.11. The molecule has 2 aliphatic heterocycles. The number of likely N-dealkylation sites (tertiary alicyclic amines) is 1. The number of nitrogens with one attached hydrogen (secondary N) is 1. The number of aryl methyl sites for hydroxylation is 1. The first-order valence-corrected chi connectivity index (χ1v) is 7.98. The van der Waals surface area contributed by atoms with Crippen molar-refractivity contribution in [2.45, 2.75) is 44.6 Å². The Kier molecular flexibility index (Phi) is 4.32. The molecule has 0 unspecified atom stereocenters. The molecule has 1 aromatic rings. The number of carboxylic acid groups (broad SMARTS) is 1. The Balaban J connectivity index is 1.52. The minimum Gasteiger partial charge on any atom is -0.480 e. The molecule has 1 atom stereocenters. The molecule has 3 rings (SSSR count). The van der Waals surface area contributed by atoms with Gasteiger partial charge in [0.2, 0.25) is 11.8 Å². The first-order valence-electron chi connectivity index (χ1n) is 7.98. The van der Waals surface area contributed by atoms with Crippen LogP contribution in [0.4, 0.5) is 5.69 Å². The number of nitrogens with zero attached hydrogens (tertiary/aromatic N) is 1. The van der Waals surface area contributed by atoms with Crippen LogP contribution in [0, 0.1) is 0 Å².